The van der Waals surface area contributed by atoms with Gasteiger partial charge in [-0.2, -0.15) is 0 Å². The quantitative estimate of drug-likeness (QED) is 0.836. The Morgan fingerprint density at radius 2 is 1.84 bits per heavy atom. The summed E-state index contributed by atoms with van der Waals surface area (Å²) in [5.74, 6) is 0.236. The Balaban J connectivity index is 2.40. The lowest BCUT2D eigenvalue weighted by Gasteiger charge is -2.34. The number of benzene rings is 1. The number of aryl methyl sites for hydroxylation is 1. The van der Waals surface area contributed by atoms with Crippen LogP contribution in [-0.2, 0) is 22.1 Å². The number of tetrazole rings is 1. The highest BCUT2D eigenvalue weighted by Gasteiger charge is 2.41. The lowest BCUT2D eigenvalue weighted by Crippen LogP contribution is -2.49. The number of carbonyl (C=O) groups excluding carboxylic acids is 1. The Morgan fingerprint density at radius 3 is 2.28 bits per heavy atom. The molecule has 0 saturated heterocycles. The molecule has 2 rings (SSSR count). The van der Waals surface area contributed by atoms with Crippen LogP contribution in [0.5, 0.6) is 0 Å². The fourth-order valence-electron chi connectivity index (χ4n) is 2.84. The molecule has 1 atom stereocenters. The summed E-state index contributed by atoms with van der Waals surface area (Å²) >= 11 is 0. The normalized spacial score (nSPS) is 14.4. The van der Waals surface area contributed by atoms with Crippen LogP contribution in [0.25, 0.3) is 11.4 Å². The van der Waals surface area contributed by atoms with E-state index in [0.29, 0.717) is 17.8 Å². The van der Waals surface area contributed by atoms with Gasteiger partial charge in [0, 0.05) is 12.6 Å². The molecule has 0 amide bonds. The highest BCUT2D eigenvalue weighted by molar-refractivity contribution is 5.83. The first-order valence-electron chi connectivity index (χ1n) is 8.36. The summed E-state index contributed by atoms with van der Waals surface area (Å²) in [6.45, 7) is 9.80. The average molecular weight is 345 g/mol. The number of aromatic nitrogens is 4. The molecule has 0 aliphatic heterocycles. The van der Waals surface area contributed by atoms with Gasteiger partial charge in [0.2, 0.25) is 0 Å². The molecule has 0 saturated carbocycles. The molecule has 2 aromatic rings. The van der Waals surface area contributed by atoms with Crippen molar-refractivity contribution in [1.29, 1.82) is 0 Å². The molecule has 25 heavy (non-hydrogen) atoms. The van der Waals surface area contributed by atoms with Gasteiger partial charge < -0.3 is 10.5 Å². The minimum atomic E-state index is -1.21. The van der Waals surface area contributed by atoms with E-state index in [9.17, 15) is 4.79 Å². The maximum Gasteiger partial charge on any atom is 0.331 e. The summed E-state index contributed by atoms with van der Waals surface area (Å²) in [7, 11) is 1.77. The third kappa shape index (κ3) is 4.42. The van der Waals surface area contributed by atoms with Crippen LogP contribution < -0.4 is 5.73 Å². The van der Waals surface area contributed by atoms with Crippen molar-refractivity contribution in [3.8, 4) is 11.4 Å². The Labute approximate surface area is 148 Å². The summed E-state index contributed by atoms with van der Waals surface area (Å²) < 4.78 is 7.03. The van der Waals surface area contributed by atoms with E-state index in [1.807, 2.05) is 38.1 Å². The standard InChI is InChI=1S/C18H27N5O2/c1-12(2)25-16(24)18(19,11-17(3,4)5)14-9-7-13(8-10-14)15-20-21-22-23(15)6/h7-10,12H,11,19H2,1-6H3. The third-order valence-electron chi connectivity index (χ3n) is 3.79. The zero-order chi connectivity index (χ0) is 18.8. The van der Waals surface area contributed by atoms with Crippen LogP contribution in [0.3, 0.4) is 0 Å². The van der Waals surface area contributed by atoms with Gasteiger partial charge in [-0.1, -0.05) is 45.0 Å². The Morgan fingerprint density at radius 1 is 1.24 bits per heavy atom. The SMILES string of the molecule is CC(C)OC(=O)C(N)(CC(C)(C)C)c1ccc(-c2nnnn2C)cc1. The second-order valence-corrected chi connectivity index (χ2v) is 7.87. The van der Waals surface area contributed by atoms with Crippen molar-refractivity contribution in [3.63, 3.8) is 0 Å². The molecule has 0 radical (unpaired) electrons. The molecule has 0 spiro atoms. The molecule has 2 N–H and O–H groups in total. The number of nitrogens with zero attached hydrogens (tertiary/aromatic N) is 4. The topological polar surface area (TPSA) is 95.9 Å². The summed E-state index contributed by atoms with van der Waals surface area (Å²) in [5.41, 5.74) is 6.79. The minimum absolute atomic E-state index is 0.142. The lowest BCUT2D eigenvalue weighted by molar-refractivity contribution is -0.156. The number of hydrogen-bond donors (Lipinski definition) is 1. The van der Waals surface area contributed by atoms with Crippen molar-refractivity contribution in [1.82, 2.24) is 20.2 Å². The van der Waals surface area contributed by atoms with Crippen LogP contribution in [0.4, 0.5) is 0 Å². The average Bonchev–Trinajstić information content (AvgIpc) is 2.91. The van der Waals surface area contributed by atoms with Crippen molar-refractivity contribution in [2.24, 2.45) is 18.2 Å². The van der Waals surface area contributed by atoms with Gasteiger partial charge in [0.05, 0.1) is 6.10 Å². The van der Waals surface area contributed by atoms with Crippen LogP contribution in [0.15, 0.2) is 24.3 Å². The summed E-state index contributed by atoms with van der Waals surface area (Å²) in [5, 5.41) is 11.5. The molecule has 0 aliphatic rings. The van der Waals surface area contributed by atoms with E-state index in [-0.39, 0.29) is 11.5 Å². The van der Waals surface area contributed by atoms with E-state index < -0.39 is 11.5 Å². The maximum atomic E-state index is 12.7. The van der Waals surface area contributed by atoms with Gasteiger partial charge in [-0.25, -0.2) is 9.48 Å². The molecular weight excluding hydrogens is 318 g/mol. The number of rotatable bonds is 5. The molecule has 0 aliphatic carbocycles. The highest BCUT2D eigenvalue weighted by Crippen LogP contribution is 2.35. The van der Waals surface area contributed by atoms with Crippen molar-refractivity contribution >= 4 is 5.97 Å². The largest absolute Gasteiger partial charge is 0.461 e. The molecule has 1 unspecified atom stereocenters. The molecule has 0 bridgehead atoms. The molecule has 7 nitrogen and oxygen atoms in total. The maximum absolute atomic E-state index is 12.7. The lowest BCUT2D eigenvalue weighted by atomic mass is 9.76. The fraction of sp³-hybridized carbons (Fsp3) is 0.556. The minimum Gasteiger partial charge on any atom is -0.461 e. The predicted octanol–water partition coefficient (Wildman–Crippen LogP) is 2.42. The smallest absolute Gasteiger partial charge is 0.331 e. The zero-order valence-corrected chi connectivity index (χ0v) is 15.8. The second-order valence-electron chi connectivity index (χ2n) is 7.87. The first kappa shape index (κ1) is 19.1. The summed E-state index contributed by atoms with van der Waals surface area (Å²) in [6, 6.07) is 7.43. The van der Waals surface area contributed by atoms with Gasteiger partial charge in [0.1, 0.15) is 5.54 Å². The number of carbonyl (C=O) groups is 1. The Hall–Kier alpha value is -2.28. The molecule has 136 valence electrons. The van der Waals surface area contributed by atoms with Crippen LogP contribution in [0.1, 0.15) is 46.6 Å². The predicted molar refractivity (Wildman–Crippen MR) is 95.4 cm³/mol. The molecule has 1 aromatic heterocycles. The first-order chi connectivity index (χ1) is 11.5. The Kier molecular flexibility index (Phi) is 5.27. The van der Waals surface area contributed by atoms with E-state index in [4.69, 9.17) is 10.5 Å². The summed E-state index contributed by atoms with van der Waals surface area (Å²) in [6.07, 6.45) is 0.246. The molecular formula is C18H27N5O2. The van der Waals surface area contributed by atoms with Crippen molar-refractivity contribution in [3.05, 3.63) is 29.8 Å². The molecule has 0 fully saturated rings. The molecule has 1 aromatic carbocycles. The first-order valence-corrected chi connectivity index (χ1v) is 8.36. The van der Waals surface area contributed by atoms with Gasteiger partial charge >= 0.3 is 5.97 Å². The highest BCUT2D eigenvalue weighted by atomic mass is 16.5. The van der Waals surface area contributed by atoms with E-state index in [0.717, 1.165) is 5.56 Å². The van der Waals surface area contributed by atoms with Crippen molar-refractivity contribution < 1.29 is 9.53 Å². The van der Waals surface area contributed by atoms with E-state index >= 15 is 0 Å². The van der Waals surface area contributed by atoms with Gasteiger partial charge in [-0.05, 0) is 41.7 Å². The van der Waals surface area contributed by atoms with Crippen LogP contribution in [0, 0.1) is 5.41 Å². The molecule has 7 heteroatoms. The number of nitrogens with two attached hydrogens (primary N) is 1. The summed E-state index contributed by atoms with van der Waals surface area (Å²) in [4.78, 5) is 12.7. The van der Waals surface area contributed by atoms with E-state index in [2.05, 4.69) is 36.3 Å². The monoisotopic (exact) mass is 345 g/mol. The van der Waals surface area contributed by atoms with Crippen LogP contribution in [0.2, 0.25) is 0 Å². The van der Waals surface area contributed by atoms with Gasteiger partial charge in [-0.15, -0.1) is 5.10 Å². The fourth-order valence-corrected chi connectivity index (χ4v) is 2.84. The third-order valence-corrected chi connectivity index (χ3v) is 3.79. The molecule has 1 heterocycles. The van der Waals surface area contributed by atoms with Crippen molar-refractivity contribution in [2.75, 3.05) is 0 Å². The Bertz CT molecular complexity index is 731. The van der Waals surface area contributed by atoms with Crippen LogP contribution in [-0.4, -0.2) is 32.3 Å². The van der Waals surface area contributed by atoms with Crippen LogP contribution >= 0.6 is 0 Å². The van der Waals surface area contributed by atoms with Gasteiger partial charge in [0.25, 0.3) is 0 Å². The number of ether oxygens (including phenoxy) is 1. The van der Waals surface area contributed by atoms with Crippen molar-refractivity contribution in [2.45, 2.75) is 52.7 Å². The van der Waals surface area contributed by atoms with Gasteiger partial charge in [0.15, 0.2) is 5.82 Å². The van der Waals surface area contributed by atoms with E-state index in [1.165, 1.54) is 0 Å². The van der Waals surface area contributed by atoms with Gasteiger partial charge in [-0.3, -0.25) is 0 Å². The number of hydrogen-bond acceptors (Lipinski definition) is 6. The zero-order valence-electron chi connectivity index (χ0n) is 15.8. The van der Waals surface area contributed by atoms with E-state index in [1.54, 1.807) is 11.7 Å². The number of esters is 1. The second kappa shape index (κ2) is 6.92.